The summed E-state index contributed by atoms with van der Waals surface area (Å²) in [6, 6.07) is 8.03. The normalized spacial score (nSPS) is 11.9. The van der Waals surface area contributed by atoms with Gasteiger partial charge in [-0.25, -0.2) is 0 Å². The number of phenolic OH excluding ortho intramolecular Hbond substituents is 2. The molecule has 3 N–H and O–H groups in total. The maximum Gasteiger partial charge on any atom is 0.295 e. The predicted molar refractivity (Wildman–Crippen MR) is 80.1 cm³/mol. The van der Waals surface area contributed by atoms with E-state index >= 15 is 0 Å². The van der Waals surface area contributed by atoms with Crippen molar-refractivity contribution in [3.05, 3.63) is 41.3 Å². The molecule has 8 heteroatoms. The fraction of sp³-hybridized carbons (Fsp3) is 0. The lowest BCUT2D eigenvalue weighted by atomic mass is 9.99. The SMILES string of the molecule is O=Nc1cccc2c(O)c3cccc(S(=O)(=O)O)c3c(O)c12. The molecule has 7 nitrogen and oxygen atoms in total. The van der Waals surface area contributed by atoms with Crippen LogP contribution >= 0.6 is 0 Å². The molecule has 3 aromatic rings. The number of nitrogens with zero attached hydrogens (tertiary/aromatic N) is 1. The molecular formula is C14H9NO6S. The second-order valence-corrected chi connectivity index (χ2v) is 6.03. The van der Waals surface area contributed by atoms with Crippen LogP contribution in [0.2, 0.25) is 0 Å². The fourth-order valence-corrected chi connectivity index (χ4v) is 3.24. The molecule has 0 saturated carbocycles. The highest BCUT2D eigenvalue weighted by molar-refractivity contribution is 7.86. The molecule has 0 aliphatic rings. The first-order valence-electron chi connectivity index (χ1n) is 6.06. The van der Waals surface area contributed by atoms with Gasteiger partial charge in [-0.05, 0) is 17.3 Å². The standard InChI is InChI=1S/C14H9NO6S/c16-13-7-3-1-5-9(15-18)11(7)14(17)12-8(13)4-2-6-10(12)22(19,20)21/h1-6,16-17H,(H,19,20,21). The van der Waals surface area contributed by atoms with Crippen LogP contribution in [0.1, 0.15) is 0 Å². The molecule has 0 amide bonds. The smallest absolute Gasteiger partial charge is 0.295 e. The molecule has 0 aliphatic heterocycles. The van der Waals surface area contributed by atoms with Crippen molar-refractivity contribution in [3.8, 4) is 11.5 Å². The number of phenols is 2. The van der Waals surface area contributed by atoms with Crippen LogP contribution < -0.4 is 0 Å². The molecule has 3 rings (SSSR count). The Labute approximate surface area is 124 Å². The quantitative estimate of drug-likeness (QED) is 0.288. The monoisotopic (exact) mass is 319 g/mol. The summed E-state index contributed by atoms with van der Waals surface area (Å²) in [5, 5.41) is 23.3. The Morgan fingerprint density at radius 2 is 1.45 bits per heavy atom. The minimum absolute atomic E-state index is 0.0307. The molecule has 0 unspecified atom stereocenters. The molecule has 0 bridgehead atoms. The summed E-state index contributed by atoms with van der Waals surface area (Å²) in [6.07, 6.45) is 0. The van der Waals surface area contributed by atoms with E-state index in [1.807, 2.05) is 0 Å². The van der Waals surface area contributed by atoms with Crippen LogP contribution in [0.5, 0.6) is 11.5 Å². The number of fused-ring (bicyclic) bond motifs is 2. The molecule has 112 valence electrons. The first-order chi connectivity index (χ1) is 10.4. The molecule has 0 atom stereocenters. The Bertz CT molecular complexity index is 1040. The Balaban J connectivity index is 2.71. The van der Waals surface area contributed by atoms with E-state index in [4.69, 9.17) is 0 Å². The molecule has 0 heterocycles. The number of nitroso groups, excluding NO2 is 1. The van der Waals surface area contributed by atoms with Gasteiger partial charge < -0.3 is 10.2 Å². The van der Waals surface area contributed by atoms with E-state index in [2.05, 4.69) is 5.18 Å². The highest BCUT2D eigenvalue weighted by atomic mass is 32.2. The van der Waals surface area contributed by atoms with E-state index in [1.54, 1.807) is 0 Å². The highest BCUT2D eigenvalue weighted by Crippen LogP contribution is 2.46. The van der Waals surface area contributed by atoms with Crippen LogP contribution in [0.25, 0.3) is 21.5 Å². The van der Waals surface area contributed by atoms with Crippen LogP contribution in [-0.2, 0) is 10.1 Å². The first-order valence-corrected chi connectivity index (χ1v) is 7.50. The maximum atomic E-state index is 11.5. The summed E-state index contributed by atoms with van der Waals surface area (Å²) in [7, 11) is -4.64. The van der Waals surface area contributed by atoms with E-state index < -0.39 is 20.8 Å². The van der Waals surface area contributed by atoms with Crippen LogP contribution in [0.3, 0.4) is 0 Å². The van der Waals surface area contributed by atoms with Crippen LogP contribution in [0, 0.1) is 4.91 Å². The second kappa shape index (κ2) is 4.65. The van der Waals surface area contributed by atoms with Gasteiger partial charge in [0.05, 0.1) is 5.39 Å². The van der Waals surface area contributed by atoms with Gasteiger partial charge in [-0.1, -0.05) is 24.3 Å². The van der Waals surface area contributed by atoms with Crippen molar-refractivity contribution in [3.63, 3.8) is 0 Å². The van der Waals surface area contributed by atoms with Gasteiger partial charge in [0.1, 0.15) is 22.1 Å². The molecule has 3 aromatic carbocycles. The highest BCUT2D eigenvalue weighted by Gasteiger charge is 2.22. The van der Waals surface area contributed by atoms with Crippen molar-refractivity contribution in [2.45, 2.75) is 4.90 Å². The zero-order valence-corrected chi connectivity index (χ0v) is 11.7. The summed E-state index contributed by atoms with van der Waals surface area (Å²) >= 11 is 0. The first kappa shape index (κ1) is 14.2. The topological polar surface area (TPSA) is 124 Å². The van der Waals surface area contributed by atoms with E-state index in [0.717, 1.165) is 6.07 Å². The van der Waals surface area contributed by atoms with E-state index in [1.165, 1.54) is 30.3 Å². The number of rotatable bonds is 2. The number of benzene rings is 3. The van der Waals surface area contributed by atoms with Gasteiger partial charge in [-0.2, -0.15) is 8.42 Å². The van der Waals surface area contributed by atoms with Crippen molar-refractivity contribution >= 4 is 37.4 Å². The van der Waals surface area contributed by atoms with Crippen molar-refractivity contribution in [1.82, 2.24) is 0 Å². The van der Waals surface area contributed by atoms with Crippen LogP contribution in [0.4, 0.5) is 5.69 Å². The third-order valence-electron chi connectivity index (χ3n) is 3.43. The minimum Gasteiger partial charge on any atom is -0.507 e. The average molecular weight is 319 g/mol. The van der Waals surface area contributed by atoms with Gasteiger partial charge in [0.15, 0.2) is 0 Å². The zero-order chi connectivity index (χ0) is 16.1. The summed E-state index contributed by atoms with van der Waals surface area (Å²) in [6.45, 7) is 0. The van der Waals surface area contributed by atoms with Crippen molar-refractivity contribution < 1.29 is 23.2 Å². The Morgan fingerprint density at radius 3 is 2.05 bits per heavy atom. The molecule has 0 fully saturated rings. The average Bonchev–Trinajstić information content (AvgIpc) is 2.50. The molecule has 0 aliphatic carbocycles. The van der Waals surface area contributed by atoms with Gasteiger partial charge in [-0.15, -0.1) is 4.91 Å². The summed E-state index contributed by atoms with van der Waals surface area (Å²) < 4.78 is 32.3. The predicted octanol–water partition coefficient (Wildman–Crippen LogP) is 3.05. The van der Waals surface area contributed by atoms with Gasteiger partial charge in [0, 0.05) is 16.2 Å². The fourth-order valence-electron chi connectivity index (χ4n) is 2.52. The lowest BCUT2D eigenvalue weighted by molar-refractivity contribution is 0.473. The third kappa shape index (κ3) is 1.89. The Morgan fingerprint density at radius 1 is 0.864 bits per heavy atom. The van der Waals surface area contributed by atoms with Crippen LogP contribution in [-0.4, -0.2) is 23.2 Å². The Hall–Kier alpha value is -2.71. The van der Waals surface area contributed by atoms with Gasteiger partial charge >= 0.3 is 0 Å². The molecular weight excluding hydrogens is 310 g/mol. The number of hydrogen-bond acceptors (Lipinski definition) is 6. The minimum atomic E-state index is -4.64. The van der Waals surface area contributed by atoms with Gasteiger partial charge in [-0.3, -0.25) is 4.55 Å². The Kier molecular flexibility index (Phi) is 3.01. The molecule has 0 aromatic heterocycles. The second-order valence-electron chi connectivity index (χ2n) is 4.64. The largest absolute Gasteiger partial charge is 0.507 e. The van der Waals surface area contributed by atoms with E-state index in [9.17, 15) is 28.1 Å². The van der Waals surface area contributed by atoms with Crippen molar-refractivity contribution in [2.75, 3.05) is 0 Å². The molecule has 22 heavy (non-hydrogen) atoms. The van der Waals surface area contributed by atoms with E-state index in [0.29, 0.717) is 0 Å². The lowest BCUT2D eigenvalue weighted by Gasteiger charge is -2.12. The number of hydrogen-bond donors (Lipinski definition) is 3. The van der Waals surface area contributed by atoms with Crippen molar-refractivity contribution in [2.24, 2.45) is 5.18 Å². The van der Waals surface area contributed by atoms with Gasteiger partial charge in [0.25, 0.3) is 10.1 Å². The number of aromatic hydroxyl groups is 2. The summed E-state index contributed by atoms with van der Waals surface area (Å²) in [5.41, 5.74) is -0.155. The summed E-state index contributed by atoms with van der Waals surface area (Å²) in [5.74, 6) is -0.870. The lowest BCUT2D eigenvalue weighted by Crippen LogP contribution is -1.99. The molecule has 0 spiro atoms. The molecule has 0 saturated heterocycles. The third-order valence-corrected chi connectivity index (χ3v) is 4.32. The zero-order valence-electron chi connectivity index (χ0n) is 10.9. The van der Waals surface area contributed by atoms with Gasteiger partial charge in [0.2, 0.25) is 0 Å². The molecule has 0 radical (unpaired) electrons. The van der Waals surface area contributed by atoms with Crippen molar-refractivity contribution in [1.29, 1.82) is 0 Å². The van der Waals surface area contributed by atoms with Crippen LogP contribution in [0.15, 0.2) is 46.5 Å². The maximum absolute atomic E-state index is 11.5. The van der Waals surface area contributed by atoms with E-state index in [-0.39, 0.29) is 33.0 Å². The summed E-state index contributed by atoms with van der Waals surface area (Å²) in [4.78, 5) is 10.3.